The number of piperidine rings is 1. The first kappa shape index (κ1) is 14.4. The maximum Gasteiger partial charge on any atom is 0.256 e. The number of carbonyl (C=O) groups excluding carboxylic acids is 1. The summed E-state index contributed by atoms with van der Waals surface area (Å²) in [6, 6.07) is 2.17. The number of amides is 1. The van der Waals surface area contributed by atoms with Gasteiger partial charge in [-0.1, -0.05) is 22.9 Å². The lowest BCUT2D eigenvalue weighted by molar-refractivity contribution is 0.0640. The maximum atomic E-state index is 12.7. The second-order valence-electron chi connectivity index (χ2n) is 5.00. The van der Waals surface area contributed by atoms with Gasteiger partial charge in [0.25, 0.3) is 5.91 Å². The first-order valence-corrected chi connectivity index (χ1v) is 7.99. The molecule has 19 heavy (non-hydrogen) atoms. The fourth-order valence-corrected chi connectivity index (χ4v) is 3.22. The molecule has 0 radical (unpaired) electrons. The van der Waals surface area contributed by atoms with Crippen molar-refractivity contribution in [3.05, 3.63) is 23.0 Å². The van der Waals surface area contributed by atoms with Crippen LogP contribution in [0.25, 0.3) is 0 Å². The molecule has 1 amide bonds. The number of rotatable bonds is 3. The summed E-state index contributed by atoms with van der Waals surface area (Å²) in [6.07, 6.45) is 4.11. The predicted molar refractivity (Wildman–Crippen MR) is 78.6 cm³/mol. The molecule has 0 bridgehead atoms. The van der Waals surface area contributed by atoms with Crippen LogP contribution >= 0.6 is 15.9 Å². The van der Waals surface area contributed by atoms with Crippen molar-refractivity contribution in [1.82, 2.24) is 15.1 Å². The molecule has 1 atom stereocenters. The summed E-state index contributed by atoms with van der Waals surface area (Å²) >= 11 is 3.52. The Labute approximate surface area is 122 Å². The Morgan fingerprint density at radius 3 is 2.95 bits per heavy atom. The van der Waals surface area contributed by atoms with Crippen molar-refractivity contribution in [3.8, 4) is 0 Å². The normalized spacial score (nSPS) is 19.5. The third-order valence-corrected chi connectivity index (χ3v) is 4.37. The van der Waals surface area contributed by atoms with E-state index in [1.807, 2.05) is 24.8 Å². The number of carbonyl (C=O) groups is 1. The molecule has 2 rings (SSSR count). The van der Waals surface area contributed by atoms with E-state index in [1.54, 1.807) is 0 Å². The van der Waals surface area contributed by atoms with Crippen molar-refractivity contribution in [2.45, 2.75) is 45.6 Å². The lowest BCUT2D eigenvalue weighted by Crippen LogP contribution is -2.45. The molecule has 104 valence electrons. The minimum absolute atomic E-state index is 0.110. The molecule has 1 unspecified atom stereocenters. The Morgan fingerprint density at radius 1 is 1.47 bits per heavy atom. The van der Waals surface area contributed by atoms with Crippen LogP contribution in [0.3, 0.4) is 0 Å². The first-order chi connectivity index (χ1) is 9.17. The average Bonchev–Trinajstić information content (AvgIpc) is 2.46. The van der Waals surface area contributed by atoms with Crippen LogP contribution < -0.4 is 0 Å². The summed E-state index contributed by atoms with van der Waals surface area (Å²) in [6.45, 7) is 4.73. The molecule has 5 heteroatoms. The van der Waals surface area contributed by atoms with E-state index < -0.39 is 0 Å². The summed E-state index contributed by atoms with van der Waals surface area (Å²) in [5.41, 5.74) is 2.32. The average molecular weight is 326 g/mol. The SMILES string of the molecule is CCc1nnc(C)cc1C(=O)N1CCCCC1CBr. The summed E-state index contributed by atoms with van der Waals surface area (Å²) < 4.78 is 0. The topological polar surface area (TPSA) is 46.1 Å². The van der Waals surface area contributed by atoms with E-state index in [2.05, 4.69) is 26.1 Å². The molecular weight excluding hydrogens is 306 g/mol. The van der Waals surface area contributed by atoms with Crippen LogP contribution in [0, 0.1) is 6.92 Å². The fraction of sp³-hybridized carbons (Fsp3) is 0.643. The van der Waals surface area contributed by atoms with Gasteiger partial charge in [-0.25, -0.2) is 0 Å². The lowest BCUT2D eigenvalue weighted by atomic mass is 10.0. The quantitative estimate of drug-likeness (QED) is 0.803. The minimum Gasteiger partial charge on any atom is -0.335 e. The zero-order valence-electron chi connectivity index (χ0n) is 11.5. The van der Waals surface area contributed by atoms with Crippen LogP contribution in [0.15, 0.2) is 6.07 Å². The first-order valence-electron chi connectivity index (χ1n) is 6.87. The van der Waals surface area contributed by atoms with E-state index in [0.29, 0.717) is 6.04 Å². The zero-order chi connectivity index (χ0) is 13.8. The molecule has 1 aliphatic heterocycles. The molecule has 0 spiro atoms. The molecule has 1 aromatic rings. The van der Waals surface area contributed by atoms with Gasteiger partial charge < -0.3 is 4.90 Å². The van der Waals surface area contributed by atoms with Gasteiger partial charge in [-0.05, 0) is 38.7 Å². The van der Waals surface area contributed by atoms with Crippen molar-refractivity contribution < 1.29 is 4.79 Å². The van der Waals surface area contributed by atoms with Gasteiger partial charge >= 0.3 is 0 Å². The predicted octanol–water partition coefficient (Wildman–Crippen LogP) is 2.74. The van der Waals surface area contributed by atoms with Gasteiger partial charge in [0, 0.05) is 17.9 Å². The highest BCUT2D eigenvalue weighted by Crippen LogP contribution is 2.22. The van der Waals surface area contributed by atoms with Crippen molar-refractivity contribution in [2.24, 2.45) is 0 Å². The fourth-order valence-electron chi connectivity index (χ4n) is 2.54. The smallest absolute Gasteiger partial charge is 0.256 e. The number of likely N-dealkylation sites (tertiary alicyclic amines) is 1. The minimum atomic E-state index is 0.110. The van der Waals surface area contributed by atoms with Crippen molar-refractivity contribution in [1.29, 1.82) is 0 Å². The molecule has 0 aliphatic carbocycles. The van der Waals surface area contributed by atoms with E-state index in [1.165, 1.54) is 6.42 Å². The molecule has 2 heterocycles. The van der Waals surface area contributed by atoms with Crippen LogP contribution in [0.5, 0.6) is 0 Å². The van der Waals surface area contributed by atoms with Crippen LogP contribution in [0.2, 0.25) is 0 Å². The molecule has 1 aromatic heterocycles. The third kappa shape index (κ3) is 3.14. The molecule has 4 nitrogen and oxygen atoms in total. The maximum absolute atomic E-state index is 12.7. The van der Waals surface area contributed by atoms with E-state index in [4.69, 9.17) is 0 Å². The molecule has 0 saturated carbocycles. The monoisotopic (exact) mass is 325 g/mol. The van der Waals surface area contributed by atoms with Crippen LogP contribution in [0.1, 0.15) is 47.9 Å². The zero-order valence-corrected chi connectivity index (χ0v) is 13.1. The summed E-state index contributed by atoms with van der Waals surface area (Å²) in [5, 5.41) is 9.05. The van der Waals surface area contributed by atoms with Gasteiger partial charge in [0.15, 0.2) is 0 Å². The van der Waals surface area contributed by atoms with Gasteiger partial charge in [-0.3, -0.25) is 4.79 Å². The Hall–Kier alpha value is -0.970. The summed E-state index contributed by atoms with van der Waals surface area (Å²) in [5.74, 6) is 0.110. The second-order valence-corrected chi connectivity index (χ2v) is 5.65. The Balaban J connectivity index is 2.29. The highest BCUT2D eigenvalue weighted by molar-refractivity contribution is 9.09. The van der Waals surface area contributed by atoms with Crippen molar-refractivity contribution in [3.63, 3.8) is 0 Å². The van der Waals surface area contributed by atoms with Crippen LogP contribution in [0.4, 0.5) is 0 Å². The van der Waals surface area contributed by atoms with Gasteiger partial charge in [0.05, 0.1) is 17.0 Å². The standard InChI is InChI=1S/C14H20BrN3O/c1-3-13-12(8-10(2)16-17-13)14(19)18-7-5-4-6-11(18)9-15/h8,11H,3-7,9H2,1-2H3. The summed E-state index contributed by atoms with van der Waals surface area (Å²) in [4.78, 5) is 14.7. The van der Waals surface area contributed by atoms with Crippen LogP contribution in [-0.4, -0.2) is 38.9 Å². The van der Waals surface area contributed by atoms with Crippen LogP contribution in [-0.2, 0) is 6.42 Å². The summed E-state index contributed by atoms with van der Waals surface area (Å²) in [7, 11) is 0. The number of aryl methyl sites for hydroxylation is 2. The number of nitrogens with zero attached hydrogens (tertiary/aromatic N) is 3. The number of halogens is 1. The molecule has 0 N–H and O–H groups in total. The van der Waals surface area contributed by atoms with E-state index in [0.717, 1.165) is 48.1 Å². The van der Waals surface area contributed by atoms with E-state index >= 15 is 0 Å². The highest BCUT2D eigenvalue weighted by Gasteiger charge is 2.28. The highest BCUT2D eigenvalue weighted by atomic mass is 79.9. The lowest BCUT2D eigenvalue weighted by Gasteiger charge is -2.35. The number of aromatic nitrogens is 2. The van der Waals surface area contributed by atoms with Crippen molar-refractivity contribution in [2.75, 3.05) is 11.9 Å². The van der Waals surface area contributed by atoms with Crippen molar-refractivity contribution >= 4 is 21.8 Å². The molecule has 1 saturated heterocycles. The number of alkyl halides is 1. The molecular formula is C14H20BrN3O. The third-order valence-electron chi connectivity index (χ3n) is 3.62. The molecule has 1 fully saturated rings. The Kier molecular flexibility index (Phi) is 4.91. The van der Waals surface area contributed by atoms with Gasteiger partial charge in [0.2, 0.25) is 0 Å². The molecule has 1 aliphatic rings. The second kappa shape index (κ2) is 6.46. The molecule has 0 aromatic carbocycles. The number of hydrogen-bond acceptors (Lipinski definition) is 3. The van der Waals surface area contributed by atoms with Gasteiger partial charge in [-0.2, -0.15) is 10.2 Å². The number of hydrogen-bond donors (Lipinski definition) is 0. The van der Waals surface area contributed by atoms with Gasteiger partial charge in [0.1, 0.15) is 0 Å². The van der Waals surface area contributed by atoms with Gasteiger partial charge in [-0.15, -0.1) is 0 Å². The largest absolute Gasteiger partial charge is 0.335 e. The van der Waals surface area contributed by atoms with E-state index in [9.17, 15) is 4.79 Å². The Morgan fingerprint density at radius 2 is 2.26 bits per heavy atom. The van der Waals surface area contributed by atoms with E-state index in [-0.39, 0.29) is 5.91 Å². The Bertz CT molecular complexity index is 464.